The van der Waals surface area contributed by atoms with Crippen molar-refractivity contribution in [3.05, 3.63) is 58.6 Å². The van der Waals surface area contributed by atoms with Crippen molar-refractivity contribution in [2.75, 3.05) is 32.6 Å². The lowest BCUT2D eigenvalue weighted by molar-refractivity contribution is -0.123. The summed E-state index contributed by atoms with van der Waals surface area (Å²) in [6, 6.07) is 12.6. The van der Waals surface area contributed by atoms with E-state index in [0.717, 1.165) is 11.1 Å². The summed E-state index contributed by atoms with van der Waals surface area (Å²) >= 11 is 5.90. The van der Waals surface area contributed by atoms with Gasteiger partial charge in [0.05, 0.1) is 6.54 Å². The predicted octanol–water partition coefficient (Wildman–Crippen LogP) is 2.84. The van der Waals surface area contributed by atoms with Gasteiger partial charge in [-0.25, -0.2) is 0 Å². The molecule has 0 aromatic heterocycles. The number of carbonyl (C=O) groups excluding carboxylic acids is 2. The number of hydrogen-bond acceptors (Lipinski definition) is 4. The summed E-state index contributed by atoms with van der Waals surface area (Å²) in [5, 5.41) is 6.26. The highest BCUT2D eigenvalue weighted by Gasteiger charge is 2.07. The van der Waals surface area contributed by atoms with Gasteiger partial charge >= 0.3 is 0 Å². The van der Waals surface area contributed by atoms with Crippen LogP contribution in [0.15, 0.2) is 42.5 Å². The van der Waals surface area contributed by atoms with Crippen LogP contribution in [0, 0.1) is 6.92 Å². The summed E-state index contributed by atoms with van der Waals surface area (Å²) in [5.41, 5.74) is 2.45. The summed E-state index contributed by atoms with van der Waals surface area (Å²) in [4.78, 5) is 25.6. The third-order valence-corrected chi connectivity index (χ3v) is 3.89. The topological polar surface area (TPSA) is 70.7 Å². The van der Waals surface area contributed by atoms with Crippen LogP contribution in [0.5, 0.6) is 5.75 Å². The molecular formula is C20H24ClN3O3. The van der Waals surface area contributed by atoms with Gasteiger partial charge in [0.2, 0.25) is 5.91 Å². The third kappa shape index (κ3) is 7.29. The van der Waals surface area contributed by atoms with Gasteiger partial charge in [0, 0.05) is 17.3 Å². The minimum atomic E-state index is -0.230. The molecule has 0 spiro atoms. The normalized spacial score (nSPS) is 10.6. The van der Waals surface area contributed by atoms with Gasteiger partial charge < -0.3 is 20.3 Å². The van der Waals surface area contributed by atoms with Gasteiger partial charge in [-0.05, 0) is 62.5 Å². The van der Waals surface area contributed by atoms with Crippen LogP contribution in [0.3, 0.4) is 0 Å². The zero-order chi connectivity index (χ0) is 19.8. The maximum absolute atomic E-state index is 12.0. The molecule has 0 bridgehead atoms. The average Bonchev–Trinajstić information content (AvgIpc) is 2.58. The summed E-state index contributed by atoms with van der Waals surface area (Å²) in [5.74, 6) is 0.305. The number of halogens is 1. The summed E-state index contributed by atoms with van der Waals surface area (Å²) < 4.78 is 5.52. The Hall–Kier alpha value is -2.57. The molecule has 0 radical (unpaired) electrons. The quantitative estimate of drug-likeness (QED) is 0.728. The van der Waals surface area contributed by atoms with Crippen molar-refractivity contribution in [1.82, 2.24) is 10.2 Å². The molecule has 0 saturated carbocycles. The van der Waals surface area contributed by atoms with E-state index in [0.29, 0.717) is 29.5 Å². The molecule has 0 aliphatic carbocycles. The van der Waals surface area contributed by atoms with Crippen molar-refractivity contribution in [3.63, 3.8) is 0 Å². The number of nitrogens with zero attached hydrogens (tertiary/aromatic N) is 1. The summed E-state index contributed by atoms with van der Waals surface area (Å²) in [6.45, 7) is 2.44. The molecule has 6 nitrogen and oxygen atoms in total. The van der Waals surface area contributed by atoms with Gasteiger partial charge in [0.15, 0.2) is 6.61 Å². The van der Waals surface area contributed by atoms with Crippen LogP contribution in [-0.4, -0.2) is 44.0 Å². The van der Waals surface area contributed by atoms with Crippen molar-refractivity contribution in [3.8, 4) is 5.75 Å². The van der Waals surface area contributed by atoms with Gasteiger partial charge in [0.1, 0.15) is 5.75 Å². The van der Waals surface area contributed by atoms with E-state index in [4.69, 9.17) is 16.3 Å². The molecule has 2 rings (SSSR count). The standard InChI is InChI=1S/C20H24ClN3O3/c1-14-9-16(21)7-8-18(14)27-13-20(26)22-11-15-5-4-6-17(10-15)23-19(25)12-24(2)3/h4-10H,11-13H2,1-3H3,(H,22,26)(H,23,25). The number of benzene rings is 2. The number of anilines is 1. The average molecular weight is 390 g/mol. The van der Waals surface area contributed by atoms with Crippen LogP contribution in [0.25, 0.3) is 0 Å². The van der Waals surface area contributed by atoms with Crippen molar-refractivity contribution >= 4 is 29.1 Å². The first-order chi connectivity index (χ1) is 12.8. The van der Waals surface area contributed by atoms with Crippen LogP contribution in [0.2, 0.25) is 5.02 Å². The highest BCUT2D eigenvalue weighted by Crippen LogP contribution is 2.21. The fourth-order valence-electron chi connectivity index (χ4n) is 2.42. The van der Waals surface area contributed by atoms with E-state index in [2.05, 4.69) is 10.6 Å². The largest absolute Gasteiger partial charge is 0.484 e. The number of carbonyl (C=O) groups is 2. The van der Waals surface area contributed by atoms with Gasteiger partial charge in [-0.15, -0.1) is 0 Å². The van der Waals surface area contributed by atoms with Crippen molar-refractivity contribution < 1.29 is 14.3 Å². The molecule has 0 unspecified atom stereocenters. The molecule has 2 N–H and O–H groups in total. The first-order valence-corrected chi connectivity index (χ1v) is 8.90. The number of likely N-dealkylation sites (N-methyl/N-ethyl adjacent to an activating group) is 1. The Kier molecular flexibility index (Phi) is 7.64. The zero-order valence-corrected chi connectivity index (χ0v) is 16.5. The Bertz CT molecular complexity index is 809. The van der Waals surface area contributed by atoms with E-state index in [1.165, 1.54) is 0 Å². The molecule has 7 heteroatoms. The van der Waals surface area contributed by atoms with Crippen molar-refractivity contribution in [2.24, 2.45) is 0 Å². The van der Waals surface area contributed by atoms with Crippen molar-refractivity contribution in [2.45, 2.75) is 13.5 Å². The number of hydrogen-bond donors (Lipinski definition) is 2. The Morgan fingerprint density at radius 1 is 1.11 bits per heavy atom. The molecule has 0 atom stereocenters. The van der Waals surface area contributed by atoms with Gasteiger partial charge in [-0.1, -0.05) is 23.7 Å². The van der Waals surface area contributed by atoms with Crippen LogP contribution >= 0.6 is 11.6 Å². The minimum absolute atomic E-state index is 0.0816. The molecule has 2 aromatic rings. The SMILES string of the molecule is Cc1cc(Cl)ccc1OCC(=O)NCc1cccc(NC(=O)CN(C)C)c1. The second-order valence-electron chi connectivity index (χ2n) is 6.46. The smallest absolute Gasteiger partial charge is 0.258 e. The lowest BCUT2D eigenvalue weighted by Gasteiger charge is -2.12. The first kappa shape index (κ1) is 20.7. The lowest BCUT2D eigenvalue weighted by atomic mass is 10.2. The molecule has 144 valence electrons. The molecule has 0 fully saturated rings. The Morgan fingerprint density at radius 3 is 2.59 bits per heavy atom. The van der Waals surface area contributed by atoms with Crippen LogP contribution < -0.4 is 15.4 Å². The number of amides is 2. The molecule has 27 heavy (non-hydrogen) atoms. The van der Waals surface area contributed by atoms with Crippen LogP contribution in [-0.2, 0) is 16.1 Å². The van der Waals surface area contributed by atoms with E-state index in [-0.39, 0.29) is 18.4 Å². The fraction of sp³-hybridized carbons (Fsp3) is 0.300. The second-order valence-corrected chi connectivity index (χ2v) is 6.90. The van der Waals surface area contributed by atoms with E-state index in [1.54, 1.807) is 23.1 Å². The predicted molar refractivity (Wildman–Crippen MR) is 107 cm³/mol. The Labute approximate surface area is 164 Å². The maximum Gasteiger partial charge on any atom is 0.258 e. The monoisotopic (exact) mass is 389 g/mol. The van der Waals surface area contributed by atoms with Crippen LogP contribution in [0.1, 0.15) is 11.1 Å². The van der Waals surface area contributed by atoms with E-state index < -0.39 is 0 Å². The van der Waals surface area contributed by atoms with Crippen LogP contribution in [0.4, 0.5) is 5.69 Å². The molecular weight excluding hydrogens is 366 g/mol. The highest BCUT2D eigenvalue weighted by atomic mass is 35.5. The van der Waals surface area contributed by atoms with Gasteiger partial charge in [0.25, 0.3) is 5.91 Å². The summed E-state index contributed by atoms with van der Waals surface area (Å²) in [7, 11) is 3.66. The number of rotatable bonds is 8. The Balaban J connectivity index is 1.82. The third-order valence-electron chi connectivity index (χ3n) is 3.66. The minimum Gasteiger partial charge on any atom is -0.484 e. The molecule has 0 aliphatic rings. The molecule has 0 aliphatic heterocycles. The maximum atomic E-state index is 12.0. The van der Waals surface area contributed by atoms with E-state index in [1.807, 2.05) is 45.3 Å². The fourth-order valence-corrected chi connectivity index (χ4v) is 2.64. The van der Waals surface area contributed by atoms with Gasteiger partial charge in [-0.2, -0.15) is 0 Å². The number of ether oxygens (including phenoxy) is 1. The highest BCUT2D eigenvalue weighted by molar-refractivity contribution is 6.30. The molecule has 2 aromatic carbocycles. The molecule has 0 saturated heterocycles. The molecule has 0 heterocycles. The number of nitrogens with one attached hydrogen (secondary N) is 2. The van der Waals surface area contributed by atoms with E-state index in [9.17, 15) is 9.59 Å². The summed E-state index contributed by atoms with van der Waals surface area (Å²) in [6.07, 6.45) is 0. The number of aryl methyl sites for hydroxylation is 1. The molecule has 2 amide bonds. The Morgan fingerprint density at radius 2 is 1.89 bits per heavy atom. The lowest BCUT2D eigenvalue weighted by Crippen LogP contribution is -2.29. The van der Waals surface area contributed by atoms with Crippen molar-refractivity contribution in [1.29, 1.82) is 0 Å². The second kappa shape index (κ2) is 9.94. The van der Waals surface area contributed by atoms with Gasteiger partial charge in [-0.3, -0.25) is 9.59 Å². The van der Waals surface area contributed by atoms with E-state index >= 15 is 0 Å². The first-order valence-electron chi connectivity index (χ1n) is 8.52. The zero-order valence-electron chi connectivity index (χ0n) is 15.7.